The molecule has 4 amide bonds. The van der Waals surface area contributed by atoms with E-state index in [1.165, 1.54) is 13.1 Å². The number of amides is 4. The van der Waals surface area contributed by atoms with Crippen LogP contribution in [0.3, 0.4) is 0 Å². The summed E-state index contributed by atoms with van der Waals surface area (Å²) in [5.74, 6) is -1.18. The van der Waals surface area contributed by atoms with Crippen LogP contribution in [-0.2, 0) is 15.8 Å². The Hall–Kier alpha value is -3.27. The highest BCUT2D eigenvalue weighted by Gasteiger charge is 2.33. The number of alkyl halides is 3. The molecule has 2 aromatic carbocycles. The third-order valence-electron chi connectivity index (χ3n) is 4.26. The van der Waals surface area contributed by atoms with Gasteiger partial charge in [-0.3, -0.25) is 9.59 Å². The van der Waals surface area contributed by atoms with Crippen LogP contribution in [0.4, 0.5) is 23.7 Å². The predicted molar refractivity (Wildman–Crippen MR) is 109 cm³/mol. The Morgan fingerprint density at radius 3 is 2.35 bits per heavy atom. The van der Waals surface area contributed by atoms with E-state index >= 15 is 0 Å². The second kappa shape index (κ2) is 10.2. The van der Waals surface area contributed by atoms with Gasteiger partial charge in [-0.1, -0.05) is 41.9 Å². The minimum atomic E-state index is -4.68. The van der Waals surface area contributed by atoms with Crippen LogP contribution in [0.2, 0.25) is 5.02 Å². The van der Waals surface area contributed by atoms with E-state index in [1.54, 1.807) is 30.3 Å². The average Bonchev–Trinajstić information content (AvgIpc) is 2.68. The van der Waals surface area contributed by atoms with E-state index in [2.05, 4.69) is 10.6 Å². The van der Waals surface area contributed by atoms with Crippen molar-refractivity contribution in [3.05, 3.63) is 64.7 Å². The fourth-order valence-corrected chi connectivity index (χ4v) is 2.99. The molecule has 11 heteroatoms. The van der Waals surface area contributed by atoms with Gasteiger partial charge >= 0.3 is 12.2 Å². The summed E-state index contributed by atoms with van der Waals surface area (Å²) in [6.45, 7) is -0.416. The lowest BCUT2D eigenvalue weighted by Gasteiger charge is -2.22. The largest absolute Gasteiger partial charge is 0.417 e. The van der Waals surface area contributed by atoms with Crippen molar-refractivity contribution in [2.24, 2.45) is 5.73 Å². The minimum Gasteiger partial charge on any atom is -0.352 e. The molecule has 0 radical (unpaired) electrons. The summed E-state index contributed by atoms with van der Waals surface area (Å²) in [4.78, 5) is 37.1. The minimum absolute atomic E-state index is 0.111. The Kier molecular flexibility index (Phi) is 7.87. The summed E-state index contributed by atoms with van der Waals surface area (Å²) in [6, 6.07) is 10.1. The van der Waals surface area contributed by atoms with Gasteiger partial charge in [-0.25, -0.2) is 4.79 Å². The molecule has 7 nitrogen and oxygen atoms in total. The number of nitrogens with two attached hydrogens (primary N) is 1. The average molecular weight is 457 g/mol. The van der Waals surface area contributed by atoms with Gasteiger partial charge in [-0.05, 0) is 23.8 Å². The summed E-state index contributed by atoms with van der Waals surface area (Å²) in [5, 5.41) is 4.28. The van der Waals surface area contributed by atoms with Crippen LogP contribution in [0.5, 0.6) is 0 Å². The van der Waals surface area contributed by atoms with Crippen LogP contribution in [0.25, 0.3) is 0 Å². The van der Waals surface area contributed by atoms with Gasteiger partial charge in [0.05, 0.1) is 29.6 Å². The molecule has 0 fully saturated rings. The molecule has 0 aliphatic rings. The molecular weight excluding hydrogens is 437 g/mol. The first-order chi connectivity index (χ1) is 14.5. The maximum Gasteiger partial charge on any atom is 0.417 e. The molecule has 0 unspecified atom stereocenters. The van der Waals surface area contributed by atoms with Crippen molar-refractivity contribution in [2.75, 3.05) is 18.9 Å². The van der Waals surface area contributed by atoms with Crippen molar-refractivity contribution < 1.29 is 27.6 Å². The highest BCUT2D eigenvalue weighted by Crippen LogP contribution is 2.36. The maximum atomic E-state index is 12.9. The number of anilines is 1. The topological polar surface area (TPSA) is 105 Å². The third-order valence-corrected chi connectivity index (χ3v) is 4.59. The molecule has 0 aromatic heterocycles. The van der Waals surface area contributed by atoms with Crippen molar-refractivity contribution in [1.82, 2.24) is 10.2 Å². The molecule has 2 rings (SSSR count). The number of halogens is 4. The molecule has 0 saturated heterocycles. The van der Waals surface area contributed by atoms with Crippen LogP contribution < -0.4 is 16.4 Å². The second-order valence-electron chi connectivity index (χ2n) is 6.67. The van der Waals surface area contributed by atoms with Crippen molar-refractivity contribution in [2.45, 2.75) is 18.6 Å². The van der Waals surface area contributed by atoms with Crippen LogP contribution in [-0.4, -0.2) is 36.3 Å². The van der Waals surface area contributed by atoms with Crippen molar-refractivity contribution in [3.8, 4) is 0 Å². The Morgan fingerprint density at radius 2 is 1.77 bits per heavy atom. The fourth-order valence-electron chi connectivity index (χ4n) is 2.76. The SMILES string of the molecule is CN(CC(=O)Nc1ccc(Cl)c(C(F)(F)F)c1)C(=O)C[C@H](NC(N)=O)c1ccccc1. The number of nitrogens with zero attached hydrogens (tertiary/aromatic N) is 1. The van der Waals surface area contributed by atoms with Crippen LogP contribution in [0, 0.1) is 0 Å². The maximum absolute atomic E-state index is 12.9. The Morgan fingerprint density at radius 1 is 1.13 bits per heavy atom. The Bertz CT molecular complexity index is 954. The van der Waals surface area contributed by atoms with Gasteiger partial charge in [0.2, 0.25) is 11.8 Å². The third kappa shape index (κ3) is 7.18. The Labute approximate surface area is 181 Å². The first kappa shape index (κ1) is 24.0. The molecule has 0 spiro atoms. The predicted octanol–water partition coefficient (Wildman–Crippen LogP) is 3.56. The number of hydrogen-bond acceptors (Lipinski definition) is 3. The van der Waals surface area contributed by atoms with E-state index in [4.69, 9.17) is 17.3 Å². The van der Waals surface area contributed by atoms with Gasteiger partial charge < -0.3 is 21.3 Å². The quantitative estimate of drug-likeness (QED) is 0.593. The molecule has 0 bridgehead atoms. The molecule has 0 aliphatic carbocycles. The number of likely N-dealkylation sites (N-methyl/N-ethyl adjacent to an activating group) is 1. The van der Waals surface area contributed by atoms with Crippen LogP contribution >= 0.6 is 11.6 Å². The number of carbonyl (C=O) groups excluding carboxylic acids is 3. The summed E-state index contributed by atoms with van der Waals surface area (Å²) in [5.41, 5.74) is 4.63. The standard InChI is InChI=1S/C20H20ClF3N4O3/c1-28(18(30)10-16(27-19(25)31)12-5-3-2-4-6-12)11-17(29)26-13-7-8-15(21)14(9-13)20(22,23)24/h2-9,16H,10-11H2,1H3,(H,26,29)(H3,25,27,31)/t16-/m0/s1. The number of primary amides is 1. The number of carbonyl (C=O) groups is 3. The first-order valence-corrected chi connectivity index (χ1v) is 9.36. The zero-order valence-corrected chi connectivity index (χ0v) is 17.1. The second-order valence-corrected chi connectivity index (χ2v) is 7.07. The molecular formula is C20H20ClF3N4O3. The zero-order chi connectivity index (χ0) is 23.2. The molecule has 166 valence electrons. The van der Waals surface area contributed by atoms with Crippen molar-refractivity contribution >= 4 is 35.1 Å². The Balaban J connectivity index is 2.02. The molecule has 0 saturated carbocycles. The molecule has 0 heterocycles. The van der Waals surface area contributed by atoms with Gasteiger partial charge in [0.15, 0.2) is 0 Å². The molecule has 0 aliphatic heterocycles. The lowest BCUT2D eigenvalue weighted by Crippen LogP contribution is -2.39. The highest BCUT2D eigenvalue weighted by molar-refractivity contribution is 6.31. The summed E-state index contributed by atoms with van der Waals surface area (Å²) < 4.78 is 38.8. The summed E-state index contributed by atoms with van der Waals surface area (Å²) in [7, 11) is 1.36. The molecule has 1 atom stereocenters. The van der Waals surface area contributed by atoms with E-state index in [0.29, 0.717) is 11.6 Å². The van der Waals surface area contributed by atoms with Crippen molar-refractivity contribution in [3.63, 3.8) is 0 Å². The van der Waals surface area contributed by atoms with Crippen molar-refractivity contribution in [1.29, 1.82) is 0 Å². The molecule has 4 N–H and O–H groups in total. The number of urea groups is 1. The van der Waals surface area contributed by atoms with Crippen LogP contribution in [0.15, 0.2) is 48.5 Å². The van der Waals surface area contributed by atoms with E-state index in [1.807, 2.05) is 0 Å². The lowest BCUT2D eigenvalue weighted by molar-refractivity contribution is -0.137. The number of benzene rings is 2. The number of nitrogens with one attached hydrogen (secondary N) is 2. The molecule has 31 heavy (non-hydrogen) atoms. The summed E-state index contributed by atoms with van der Waals surface area (Å²) >= 11 is 5.55. The fraction of sp³-hybridized carbons (Fsp3) is 0.250. The van der Waals surface area contributed by atoms with E-state index in [0.717, 1.165) is 11.0 Å². The lowest BCUT2D eigenvalue weighted by atomic mass is 10.0. The zero-order valence-electron chi connectivity index (χ0n) is 16.4. The highest BCUT2D eigenvalue weighted by atomic mass is 35.5. The van der Waals surface area contributed by atoms with E-state index in [9.17, 15) is 27.6 Å². The first-order valence-electron chi connectivity index (χ1n) is 8.99. The van der Waals surface area contributed by atoms with Gasteiger partial charge in [-0.15, -0.1) is 0 Å². The number of rotatable bonds is 7. The smallest absolute Gasteiger partial charge is 0.352 e. The summed E-state index contributed by atoms with van der Waals surface area (Å²) in [6.07, 6.45) is -4.85. The van der Waals surface area contributed by atoms with Gasteiger partial charge in [0, 0.05) is 12.7 Å². The van der Waals surface area contributed by atoms with Gasteiger partial charge in [0.25, 0.3) is 0 Å². The van der Waals surface area contributed by atoms with E-state index < -0.39 is 47.2 Å². The van der Waals surface area contributed by atoms with E-state index in [-0.39, 0.29) is 12.1 Å². The monoisotopic (exact) mass is 456 g/mol. The number of hydrogen-bond donors (Lipinski definition) is 3. The normalized spacial score (nSPS) is 12.0. The van der Waals surface area contributed by atoms with Gasteiger partial charge in [-0.2, -0.15) is 13.2 Å². The molecule has 2 aromatic rings. The van der Waals surface area contributed by atoms with Gasteiger partial charge in [0.1, 0.15) is 0 Å². The van der Waals surface area contributed by atoms with Crippen LogP contribution in [0.1, 0.15) is 23.6 Å².